The molecule has 6 nitrogen and oxygen atoms in total. The first kappa shape index (κ1) is 10.2. The second kappa shape index (κ2) is 4.40. The molecular weight excluding hydrogens is 178 g/mol. The Bertz CT molecular complexity index is 186. The highest BCUT2D eigenvalue weighted by molar-refractivity contribution is 5.65. The number of carbonyl (C=O) groups is 1. The van der Waals surface area contributed by atoms with Gasteiger partial charge < -0.3 is 25.0 Å². The second-order valence-corrected chi connectivity index (χ2v) is 2.89. The number of ether oxygens (including phenoxy) is 1. The number of nitrogens with zero attached hydrogens (tertiary/aromatic N) is 1. The first-order chi connectivity index (χ1) is 6.15. The molecule has 1 aliphatic rings. The maximum Gasteiger partial charge on any atom is 0.407 e. The molecule has 1 rings (SSSR count). The van der Waals surface area contributed by atoms with Crippen molar-refractivity contribution in [3.8, 4) is 0 Å². The molecule has 0 aromatic rings. The Morgan fingerprint density at radius 1 is 1.54 bits per heavy atom. The molecule has 1 amide bonds. The average Bonchev–Trinajstić information content (AvgIpc) is 2.44. The number of aliphatic hydroxyl groups is 2. The van der Waals surface area contributed by atoms with Gasteiger partial charge in [0.1, 0.15) is 6.10 Å². The monoisotopic (exact) mass is 191 g/mol. The van der Waals surface area contributed by atoms with Gasteiger partial charge in [-0.15, -0.1) is 0 Å². The van der Waals surface area contributed by atoms with Gasteiger partial charge in [0.05, 0.1) is 32.4 Å². The molecule has 0 bridgehead atoms. The SMILES string of the molecule is O=C(O)N1C[C@@H](O)[C@H](OCCO)C1. The van der Waals surface area contributed by atoms with E-state index in [9.17, 15) is 9.90 Å². The topological polar surface area (TPSA) is 90.2 Å². The number of hydrogen-bond acceptors (Lipinski definition) is 4. The van der Waals surface area contributed by atoms with Crippen LogP contribution in [0.2, 0.25) is 0 Å². The molecule has 13 heavy (non-hydrogen) atoms. The summed E-state index contributed by atoms with van der Waals surface area (Å²) in [5.41, 5.74) is 0. The van der Waals surface area contributed by atoms with Gasteiger partial charge in [0, 0.05) is 0 Å². The number of likely N-dealkylation sites (tertiary alicyclic amines) is 1. The summed E-state index contributed by atoms with van der Waals surface area (Å²) in [5, 5.41) is 26.4. The standard InChI is InChI=1S/C7H13NO5/c9-1-2-13-6-4-8(7(11)12)3-5(6)10/h5-6,9-10H,1-4H2,(H,11,12)/t5-,6-/m1/s1. The molecule has 0 aliphatic carbocycles. The van der Waals surface area contributed by atoms with Gasteiger partial charge in [-0.05, 0) is 0 Å². The lowest BCUT2D eigenvalue weighted by atomic mass is 10.3. The van der Waals surface area contributed by atoms with E-state index in [1.165, 1.54) is 0 Å². The fourth-order valence-electron chi connectivity index (χ4n) is 1.28. The minimum absolute atomic E-state index is 0.0748. The van der Waals surface area contributed by atoms with Crippen LogP contribution < -0.4 is 0 Å². The van der Waals surface area contributed by atoms with E-state index in [0.717, 1.165) is 4.90 Å². The summed E-state index contributed by atoms with van der Waals surface area (Å²) < 4.78 is 5.04. The fraction of sp³-hybridized carbons (Fsp3) is 0.857. The fourth-order valence-corrected chi connectivity index (χ4v) is 1.28. The average molecular weight is 191 g/mol. The van der Waals surface area contributed by atoms with E-state index < -0.39 is 18.3 Å². The molecular formula is C7H13NO5. The van der Waals surface area contributed by atoms with Crippen molar-refractivity contribution in [1.82, 2.24) is 4.90 Å². The molecule has 0 spiro atoms. The van der Waals surface area contributed by atoms with E-state index in [2.05, 4.69) is 0 Å². The minimum atomic E-state index is -1.06. The van der Waals surface area contributed by atoms with Crippen LogP contribution in [-0.4, -0.2) is 64.8 Å². The molecule has 1 fully saturated rings. The number of amides is 1. The van der Waals surface area contributed by atoms with Gasteiger partial charge in [0.25, 0.3) is 0 Å². The van der Waals surface area contributed by atoms with E-state index >= 15 is 0 Å². The highest BCUT2D eigenvalue weighted by Crippen LogP contribution is 2.13. The summed E-state index contributed by atoms with van der Waals surface area (Å²) in [7, 11) is 0. The maximum absolute atomic E-state index is 10.5. The summed E-state index contributed by atoms with van der Waals surface area (Å²) >= 11 is 0. The molecule has 1 heterocycles. The maximum atomic E-state index is 10.5. The Morgan fingerprint density at radius 2 is 2.23 bits per heavy atom. The van der Waals surface area contributed by atoms with E-state index in [1.807, 2.05) is 0 Å². The van der Waals surface area contributed by atoms with Crippen LogP contribution in [0, 0.1) is 0 Å². The number of β-amino-alcohol motifs (C(OH)–C–C–N with tert-alkyl or cyclic N) is 1. The number of rotatable bonds is 3. The van der Waals surface area contributed by atoms with Crippen molar-refractivity contribution < 1.29 is 24.9 Å². The summed E-state index contributed by atoms with van der Waals surface area (Å²) in [6.07, 6.45) is -2.36. The zero-order valence-corrected chi connectivity index (χ0v) is 7.09. The first-order valence-corrected chi connectivity index (χ1v) is 4.03. The van der Waals surface area contributed by atoms with Crippen LogP contribution in [0.15, 0.2) is 0 Å². The molecule has 1 aliphatic heterocycles. The number of aliphatic hydroxyl groups excluding tert-OH is 2. The van der Waals surface area contributed by atoms with Crippen molar-refractivity contribution in [2.45, 2.75) is 12.2 Å². The van der Waals surface area contributed by atoms with Gasteiger partial charge in [0.15, 0.2) is 0 Å². The zero-order chi connectivity index (χ0) is 9.84. The third-order valence-corrected chi connectivity index (χ3v) is 1.93. The number of carboxylic acid groups (broad SMARTS) is 1. The van der Waals surface area contributed by atoms with Gasteiger partial charge >= 0.3 is 6.09 Å². The second-order valence-electron chi connectivity index (χ2n) is 2.89. The molecule has 2 atom stereocenters. The summed E-state index contributed by atoms with van der Waals surface area (Å²) in [4.78, 5) is 11.6. The summed E-state index contributed by atoms with van der Waals surface area (Å²) in [6.45, 7) is 0.230. The van der Waals surface area contributed by atoms with Crippen LogP contribution >= 0.6 is 0 Å². The van der Waals surface area contributed by atoms with Gasteiger partial charge in [-0.2, -0.15) is 0 Å². The van der Waals surface area contributed by atoms with Crippen LogP contribution in [0.4, 0.5) is 4.79 Å². The molecule has 0 radical (unpaired) electrons. The van der Waals surface area contributed by atoms with Crippen LogP contribution in [-0.2, 0) is 4.74 Å². The van der Waals surface area contributed by atoms with Gasteiger partial charge in [-0.1, -0.05) is 0 Å². The molecule has 1 saturated heterocycles. The summed E-state index contributed by atoms with van der Waals surface area (Å²) in [5.74, 6) is 0. The first-order valence-electron chi connectivity index (χ1n) is 4.03. The van der Waals surface area contributed by atoms with Gasteiger partial charge in [-0.25, -0.2) is 4.79 Å². The lowest BCUT2D eigenvalue weighted by Crippen LogP contribution is -2.29. The van der Waals surface area contributed by atoms with Crippen LogP contribution in [0.1, 0.15) is 0 Å². The molecule has 3 N–H and O–H groups in total. The quantitative estimate of drug-likeness (QED) is 0.517. The minimum Gasteiger partial charge on any atom is -0.465 e. The highest BCUT2D eigenvalue weighted by atomic mass is 16.5. The molecule has 6 heteroatoms. The number of hydrogen-bond donors (Lipinski definition) is 3. The van der Waals surface area contributed by atoms with Gasteiger partial charge in [-0.3, -0.25) is 0 Å². The highest BCUT2D eigenvalue weighted by Gasteiger charge is 2.34. The van der Waals surface area contributed by atoms with Crippen molar-refractivity contribution in [2.75, 3.05) is 26.3 Å². The van der Waals surface area contributed by atoms with Crippen molar-refractivity contribution in [3.63, 3.8) is 0 Å². The Labute approximate surface area is 75.3 Å². The van der Waals surface area contributed by atoms with Crippen molar-refractivity contribution in [3.05, 3.63) is 0 Å². The van der Waals surface area contributed by atoms with E-state index in [0.29, 0.717) is 0 Å². The molecule has 0 aromatic heterocycles. The van der Waals surface area contributed by atoms with E-state index in [-0.39, 0.29) is 26.3 Å². The largest absolute Gasteiger partial charge is 0.465 e. The molecule has 0 saturated carbocycles. The zero-order valence-electron chi connectivity index (χ0n) is 7.09. The summed E-state index contributed by atoms with van der Waals surface area (Å²) in [6, 6.07) is 0. The lowest BCUT2D eigenvalue weighted by Gasteiger charge is -2.13. The van der Waals surface area contributed by atoms with E-state index in [1.54, 1.807) is 0 Å². The molecule has 0 unspecified atom stereocenters. The Kier molecular flexibility index (Phi) is 3.47. The van der Waals surface area contributed by atoms with Crippen molar-refractivity contribution in [2.24, 2.45) is 0 Å². The molecule has 0 aromatic carbocycles. The molecule has 76 valence electrons. The predicted molar refractivity (Wildman–Crippen MR) is 42.4 cm³/mol. The third kappa shape index (κ3) is 2.55. The normalized spacial score (nSPS) is 28.0. The van der Waals surface area contributed by atoms with Gasteiger partial charge in [0.2, 0.25) is 0 Å². The van der Waals surface area contributed by atoms with Crippen molar-refractivity contribution >= 4 is 6.09 Å². The van der Waals surface area contributed by atoms with Crippen LogP contribution in [0.3, 0.4) is 0 Å². The third-order valence-electron chi connectivity index (χ3n) is 1.93. The lowest BCUT2D eigenvalue weighted by molar-refractivity contribution is -0.0211. The van der Waals surface area contributed by atoms with Crippen LogP contribution in [0.25, 0.3) is 0 Å². The Hall–Kier alpha value is -0.850. The Balaban J connectivity index is 2.37. The smallest absolute Gasteiger partial charge is 0.407 e. The van der Waals surface area contributed by atoms with Crippen LogP contribution in [0.5, 0.6) is 0 Å². The van der Waals surface area contributed by atoms with E-state index in [4.69, 9.17) is 14.9 Å². The Morgan fingerprint density at radius 3 is 2.69 bits per heavy atom. The predicted octanol–water partition coefficient (Wildman–Crippen LogP) is -1.28. The van der Waals surface area contributed by atoms with Crippen molar-refractivity contribution in [1.29, 1.82) is 0 Å².